The summed E-state index contributed by atoms with van der Waals surface area (Å²) in [6.45, 7) is 6.57. The van der Waals surface area contributed by atoms with Crippen molar-refractivity contribution in [3.05, 3.63) is 47.5 Å². The first kappa shape index (κ1) is 25.4. The van der Waals surface area contributed by atoms with E-state index in [4.69, 9.17) is 4.74 Å². The van der Waals surface area contributed by atoms with Gasteiger partial charge >= 0.3 is 12.1 Å². The number of nitrogens with zero attached hydrogens (tertiary/aromatic N) is 5. The van der Waals surface area contributed by atoms with Crippen LogP contribution in [0.15, 0.2) is 30.5 Å². The lowest BCUT2D eigenvalue weighted by molar-refractivity contribution is -0.138. The Bertz CT molecular complexity index is 1070. The molecule has 188 valence electrons. The average molecular weight is 595 g/mol. The molecule has 2 N–H and O–H groups in total. The summed E-state index contributed by atoms with van der Waals surface area (Å²) in [4.78, 5) is 44.5. The van der Waals surface area contributed by atoms with Gasteiger partial charge in [-0.2, -0.15) is 0 Å². The van der Waals surface area contributed by atoms with E-state index in [1.54, 1.807) is 20.7 Å². The number of hydrogen-bond acceptors (Lipinski definition) is 6. The van der Waals surface area contributed by atoms with Crippen LogP contribution in [-0.4, -0.2) is 87.9 Å². The molecular weight excluding hydrogens is 565 g/mol. The number of benzene rings is 1. The number of urea groups is 1. The normalized spacial score (nSPS) is 16.8. The van der Waals surface area contributed by atoms with Gasteiger partial charge in [0.15, 0.2) is 0 Å². The standard InChI is InChI=1S/C23H30IN7O4/c1-3-35-15-20(27-22(33)26-18-6-4-17(12-24)5-7-18)21(32)28-8-10-29(11-9-28)30-14-19-13-25-16(2)31(19)23(30)34/h4-7,13,20H,3,8-12,14-15H2,1-2H3,(H2,26,27,33). The molecule has 1 aromatic carbocycles. The summed E-state index contributed by atoms with van der Waals surface area (Å²) in [5.41, 5.74) is 2.68. The molecule has 1 unspecified atom stereocenters. The monoisotopic (exact) mass is 595 g/mol. The Balaban J connectivity index is 1.32. The lowest BCUT2D eigenvalue weighted by atomic mass is 10.2. The van der Waals surface area contributed by atoms with Crippen LogP contribution in [0.25, 0.3) is 0 Å². The third-order valence-electron chi connectivity index (χ3n) is 6.10. The van der Waals surface area contributed by atoms with Gasteiger partial charge in [-0.15, -0.1) is 0 Å². The zero-order chi connectivity index (χ0) is 24.9. The van der Waals surface area contributed by atoms with E-state index in [0.29, 0.717) is 50.8 Å². The van der Waals surface area contributed by atoms with Crippen LogP contribution in [0.3, 0.4) is 0 Å². The Morgan fingerprint density at radius 3 is 2.51 bits per heavy atom. The second kappa shape index (κ2) is 11.4. The zero-order valence-corrected chi connectivity index (χ0v) is 22.0. The molecule has 3 heterocycles. The van der Waals surface area contributed by atoms with Crippen molar-refractivity contribution in [2.24, 2.45) is 0 Å². The number of carbonyl (C=O) groups is 3. The van der Waals surface area contributed by atoms with Crippen LogP contribution in [0.4, 0.5) is 15.3 Å². The molecule has 2 aliphatic rings. The predicted molar refractivity (Wildman–Crippen MR) is 138 cm³/mol. The van der Waals surface area contributed by atoms with Crippen LogP contribution in [0, 0.1) is 6.92 Å². The molecule has 0 radical (unpaired) electrons. The number of aromatic nitrogens is 2. The maximum atomic E-state index is 13.2. The number of hydrazine groups is 1. The van der Waals surface area contributed by atoms with Gasteiger partial charge in [0.05, 0.1) is 25.0 Å². The van der Waals surface area contributed by atoms with Crippen molar-refractivity contribution in [2.75, 3.05) is 44.7 Å². The minimum absolute atomic E-state index is 0.0864. The van der Waals surface area contributed by atoms with Crippen LogP contribution in [-0.2, 0) is 20.5 Å². The highest BCUT2D eigenvalue weighted by Crippen LogP contribution is 2.21. The fourth-order valence-electron chi connectivity index (χ4n) is 4.21. The van der Waals surface area contributed by atoms with Crippen molar-refractivity contribution in [1.82, 2.24) is 29.8 Å². The van der Waals surface area contributed by atoms with Crippen LogP contribution < -0.4 is 10.6 Å². The molecule has 0 aliphatic carbocycles. The van der Waals surface area contributed by atoms with Crippen molar-refractivity contribution in [1.29, 1.82) is 0 Å². The average Bonchev–Trinajstić information content (AvgIpc) is 3.41. The largest absolute Gasteiger partial charge is 0.379 e. The molecule has 1 atom stereocenters. The molecule has 12 heteroatoms. The summed E-state index contributed by atoms with van der Waals surface area (Å²) in [6.07, 6.45) is 1.72. The van der Waals surface area contributed by atoms with Crippen molar-refractivity contribution in [2.45, 2.75) is 30.9 Å². The van der Waals surface area contributed by atoms with Gasteiger partial charge in [-0.3, -0.25) is 9.80 Å². The Morgan fingerprint density at radius 1 is 1.17 bits per heavy atom. The third-order valence-corrected chi connectivity index (χ3v) is 6.98. The van der Waals surface area contributed by atoms with Gasteiger partial charge in [-0.1, -0.05) is 34.7 Å². The van der Waals surface area contributed by atoms with E-state index in [1.165, 1.54) is 0 Å². The summed E-state index contributed by atoms with van der Waals surface area (Å²) < 4.78 is 7.99. The van der Waals surface area contributed by atoms with E-state index in [2.05, 4.69) is 38.2 Å². The second-order valence-corrected chi connectivity index (χ2v) is 9.16. The molecule has 4 amide bonds. The number of ether oxygens (including phenoxy) is 1. The maximum Gasteiger partial charge on any atom is 0.344 e. The van der Waals surface area contributed by atoms with E-state index in [1.807, 2.05) is 43.1 Å². The van der Waals surface area contributed by atoms with Gasteiger partial charge in [-0.25, -0.2) is 24.1 Å². The van der Waals surface area contributed by atoms with E-state index in [0.717, 1.165) is 15.7 Å². The van der Waals surface area contributed by atoms with Gasteiger partial charge in [0.1, 0.15) is 11.9 Å². The number of amides is 4. The number of hydrogen-bond donors (Lipinski definition) is 2. The molecule has 2 aromatic rings. The molecule has 1 fully saturated rings. The lowest BCUT2D eigenvalue weighted by Gasteiger charge is -2.39. The molecule has 0 saturated carbocycles. The van der Waals surface area contributed by atoms with Gasteiger partial charge < -0.3 is 20.3 Å². The Kier molecular flexibility index (Phi) is 8.23. The van der Waals surface area contributed by atoms with E-state index in [-0.39, 0.29) is 18.5 Å². The molecule has 35 heavy (non-hydrogen) atoms. The predicted octanol–water partition coefficient (Wildman–Crippen LogP) is 2.20. The quantitative estimate of drug-likeness (QED) is 0.358. The third kappa shape index (κ3) is 5.76. The Morgan fingerprint density at radius 2 is 1.89 bits per heavy atom. The molecular formula is C23H30IN7O4. The van der Waals surface area contributed by atoms with E-state index in [9.17, 15) is 14.4 Å². The van der Waals surface area contributed by atoms with Crippen LogP contribution in [0.2, 0.25) is 0 Å². The minimum atomic E-state index is -0.807. The number of piperazine rings is 1. The summed E-state index contributed by atoms with van der Waals surface area (Å²) in [5.74, 6) is 0.470. The van der Waals surface area contributed by atoms with E-state index < -0.39 is 12.1 Å². The second-order valence-electron chi connectivity index (χ2n) is 8.39. The number of carbonyl (C=O) groups excluding carboxylic acids is 3. The molecule has 0 spiro atoms. The summed E-state index contributed by atoms with van der Waals surface area (Å²) in [7, 11) is 0. The molecule has 1 saturated heterocycles. The van der Waals surface area contributed by atoms with Gasteiger partial charge in [-0.05, 0) is 31.5 Å². The van der Waals surface area contributed by atoms with Gasteiger partial charge in [0, 0.05) is 42.9 Å². The lowest BCUT2D eigenvalue weighted by Crippen LogP contribution is -2.59. The summed E-state index contributed by atoms with van der Waals surface area (Å²) >= 11 is 2.28. The number of alkyl halides is 1. The summed E-state index contributed by atoms with van der Waals surface area (Å²) in [6, 6.07) is 6.18. The zero-order valence-electron chi connectivity index (χ0n) is 19.9. The molecule has 0 bridgehead atoms. The number of nitrogens with one attached hydrogen (secondary N) is 2. The van der Waals surface area contributed by atoms with Crippen molar-refractivity contribution < 1.29 is 19.1 Å². The van der Waals surface area contributed by atoms with Crippen LogP contribution in [0.5, 0.6) is 0 Å². The SMILES string of the molecule is CCOCC(NC(=O)Nc1ccc(CI)cc1)C(=O)N1CCN(N2Cc3cnc(C)n3C2=O)CC1. The molecule has 2 aliphatic heterocycles. The number of imidazole rings is 1. The number of aryl methyl sites for hydroxylation is 1. The molecule has 4 rings (SSSR count). The Hall–Kier alpha value is -2.71. The first-order valence-electron chi connectivity index (χ1n) is 11.6. The topological polar surface area (TPSA) is 112 Å². The smallest absolute Gasteiger partial charge is 0.344 e. The number of halogens is 1. The highest BCUT2D eigenvalue weighted by atomic mass is 127. The van der Waals surface area contributed by atoms with Crippen molar-refractivity contribution in [3.8, 4) is 0 Å². The maximum absolute atomic E-state index is 13.2. The van der Waals surface area contributed by atoms with Crippen molar-refractivity contribution >= 4 is 46.2 Å². The van der Waals surface area contributed by atoms with Crippen LogP contribution >= 0.6 is 22.6 Å². The number of fused-ring (bicyclic) bond motifs is 1. The first-order chi connectivity index (χ1) is 16.9. The van der Waals surface area contributed by atoms with Gasteiger partial charge in [0.2, 0.25) is 5.91 Å². The molecule has 1 aromatic heterocycles. The highest BCUT2D eigenvalue weighted by molar-refractivity contribution is 14.1. The summed E-state index contributed by atoms with van der Waals surface area (Å²) in [5, 5.41) is 9.21. The minimum Gasteiger partial charge on any atom is -0.379 e. The fourth-order valence-corrected chi connectivity index (χ4v) is 4.72. The number of anilines is 1. The first-order valence-corrected chi connectivity index (χ1v) is 13.1. The highest BCUT2D eigenvalue weighted by Gasteiger charge is 2.36. The Labute approximate surface area is 217 Å². The fraction of sp³-hybridized carbons (Fsp3) is 0.478. The van der Waals surface area contributed by atoms with Crippen LogP contribution in [0.1, 0.15) is 24.0 Å². The van der Waals surface area contributed by atoms with Crippen molar-refractivity contribution in [3.63, 3.8) is 0 Å². The van der Waals surface area contributed by atoms with Gasteiger partial charge in [0.25, 0.3) is 0 Å². The number of rotatable bonds is 8. The molecule has 11 nitrogen and oxygen atoms in total. The van der Waals surface area contributed by atoms with E-state index >= 15 is 0 Å².